The Labute approximate surface area is 103 Å². The van der Waals surface area contributed by atoms with E-state index in [1.54, 1.807) is 0 Å². The number of pyridine rings is 1. The third kappa shape index (κ3) is 4.23. The topological polar surface area (TPSA) is 57.2 Å². The maximum atomic E-state index is 9.08. The zero-order chi connectivity index (χ0) is 12.7. The van der Waals surface area contributed by atoms with E-state index in [1.807, 2.05) is 18.5 Å². The molecule has 1 atom stereocenters. The minimum Gasteiger partial charge on any atom is -0.396 e. The Morgan fingerprint density at radius 3 is 2.59 bits per heavy atom. The first kappa shape index (κ1) is 13.8. The van der Waals surface area contributed by atoms with Gasteiger partial charge in [-0.3, -0.25) is 4.98 Å². The van der Waals surface area contributed by atoms with Crippen molar-refractivity contribution in [3.63, 3.8) is 0 Å². The van der Waals surface area contributed by atoms with E-state index >= 15 is 0 Å². The predicted molar refractivity (Wildman–Crippen MR) is 72.4 cm³/mol. The van der Waals surface area contributed by atoms with Crippen LogP contribution in [0.3, 0.4) is 0 Å². The number of aromatic nitrogens is 1. The molecule has 0 aliphatic heterocycles. The molecule has 0 amide bonds. The Kier molecular flexibility index (Phi) is 5.22. The summed E-state index contributed by atoms with van der Waals surface area (Å²) < 4.78 is 0. The van der Waals surface area contributed by atoms with Crippen LogP contribution >= 0.6 is 0 Å². The minimum absolute atomic E-state index is 0.0821. The summed E-state index contributed by atoms with van der Waals surface area (Å²) in [5.74, 6) is 0. The van der Waals surface area contributed by atoms with Gasteiger partial charge in [0, 0.05) is 18.7 Å². The van der Waals surface area contributed by atoms with Gasteiger partial charge in [-0.25, -0.2) is 0 Å². The molecule has 96 valence electrons. The third-order valence-electron chi connectivity index (χ3n) is 3.01. The van der Waals surface area contributed by atoms with Crippen LogP contribution < -0.4 is 10.6 Å². The second kappa shape index (κ2) is 6.45. The van der Waals surface area contributed by atoms with Crippen molar-refractivity contribution in [3.05, 3.63) is 18.5 Å². The number of rotatable bonds is 7. The van der Waals surface area contributed by atoms with Crippen LogP contribution in [0, 0.1) is 0 Å². The minimum atomic E-state index is -0.0821. The highest BCUT2D eigenvalue weighted by molar-refractivity contribution is 5.54. The lowest BCUT2D eigenvalue weighted by atomic mass is 9.94. The first-order valence-corrected chi connectivity index (χ1v) is 6.21. The van der Waals surface area contributed by atoms with Crippen LogP contribution in [-0.2, 0) is 0 Å². The van der Waals surface area contributed by atoms with Gasteiger partial charge in [0.1, 0.15) is 0 Å². The summed E-state index contributed by atoms with van der Waals surface area (Å²) in [5, 5.41) is 15.8. The van der Waals surface area contributed by atoms with Gasteiger partial charge in [0.05, 0.1) is 23.8 Å². The fraction of sp³-hybridized carbons (Fsp3) is 0.615. The van der Waals surface area contributed by atoms with E-state index in [2.05, 4.69) is 36.4 Å². The van der Waals surface area contributed by atoms with Crippen molar-refractivity contribution in [2.24, 2.45) is 0 Å². The van der Waals surface area contributed by atoms with Gasteiger partial charge in [0.2, 0.25) is 0 Å². The number of aliphatic hydroxyl groups excluding tert-OH is 1. The van der Waals surface area contributed by atoms with Crippen LogP contribution in [0.25, 0.3) is 0 Å². The summed E-state index contributed by atoms with van der Waals surface area (Å²) >= 11 is 0. The average molecular weight is 237 g/mol. The van der Waals surface area contributed by atoms with E-state index in [0.717, 1.165) is 30.8 Å². The standard InChI is InChI=1S/C13H23N3O/c1-4-13(3,6-7-17)16-12-8-11(15-5-2)9-14-10-12/h8-10,15-17H,4-7H2,1-3H3. The van der Waals surface area contributed by atoms with E-state index in [0.29, 0.717) is 0 Å². The second-order valence-corrected chi connectivity index (χ2v) is 4.51. The van der Waals surface area contributed by atoms with Crippen molar-refractivity contribution in [2.75, 3.05) is 23.8 Å². The molecule has 0 spiro atoms. The molecule has 0 aliphatic carbocycles. The average Bonchev–Trinajstić information content (AvgIpc) is 2.30. The fourth-order valence-electron chi connectivity index (χ4n) is 1.73. The second-order valence-electron chi connectivity index (χ2n) is 4.51. The molecule has 0 saturated carbocycles. The van der Waals surface area contributed by atoms with Gasteiger partial charge in [0.15, 0.2) is 0 Å². The summed E-state index contributed by atoms with van der Waals surface area (Å²) in [5.41, 5.74) is 1.92. The van der Waals surface area contributed by atoms with Crippen LogP contribution in [0.5, 0.6) is 0 Å². The Morgan fingerprint density at radius 1 is 1.29 bits per heavy atom. The Bertz CT molecular complexity index is 343. The van der Waals surface area contributed by atoms with Gasteiger partial charge in [-0.15, -0.1) is 0 Å². The number of anilines is 2. The zero-order valence-corrected chi connectivity index (χ0v) is 11.0. The number of hydrogen-bond acceptors (Lipinski definition) is 4. The van der Waals surface area contributed by atoms with E-state index in [-0.39, 0.29) is 12.1 Å². The number of nitrogens with one attached hydrogen (secondary N) is 2. The molecule has 4 nitrogen and oxygen atoms in total. The van der Waals surface area contributed by atoms with Crippen molar-refractivity contribution in [1.29, 1.82) is 0 Å². The molecule has 3 N–H and O–H groups in total. The van der Waals surface area contributed by atoms with E-state index in [4.69, 9.17) is 5.11 Å². The quantitative estimate of drug-likeness (QED) is 0.682. The molecule has 1 unspecified atom stereocenters. The predicted octanol–water partition coefficient (Wildman–Crippen LogP) is 2.48. The van der Waals surface area contributed by atoms with Gasteiger partial charge in [-0.1, -0.05) is 6.92 Å². The first-order valence-electron chi connectivity index (χ1n) is 6.21. The molecule has 0 radical (unpaired) electrons. The zero-order valence-electron chi connectivity index (χ0n) is 11.0. The summed E-state index contributed by atoms with van der Waals surface area (Å²) in [6.07, 6.45) is 5.31. The molecule has 0 fully saturated rings. The molecule has 1 aromatic heterocycles. The van der Waals surface area contributed by atoms with Gasteiger partial charge in [0.25, 0.3) is 0 Å². The lowest BCUT2D eigenvalue weighted by Gasteiger charge is -2.30. The normalized spacial score (nSPS) is 14.1. The lowest BCUT2D eigenvalue weighted by Crippen LogP contribution is -2.35. The van der Waals surface area contributed by atoms with Crippen molar-refractivity contribution in [2.45, 2.75) is 39.2 Å². The SMILES string of the molecule is CCNc1cncc(NC(C)(CC)CCO)c1. The Balaban J connectivity index is 2.75. The molecule has 0 aromatic carbocycles. The van der Waals surface area contributed by atoms with E-state index < -0.39 is 0 Å². The maximum Gasteiger partial charge on any atom is 0.0551 e. The molecule has 0 saturated heterocycles. The van der Waals surface area contributed by atoms with Crippen LogP contribution in [0.4, 0.5) is 11.4 Å². The third-order valence-corrected chi connectivity index (χ3v) is 3.01. The highest BCUT2D eigenvalue weighted by Gasteiger charge is 2.20. The Hall–Kier alpha value is -1.29. The maximum absolute atomic E-state index is 9.08. The first-order chi connectivity index (χ1) is 8.13. The Morgan fingerprint density at radius 2 is 2.00 bits per heavy atom. The van der Waals surface area contributed by atoms with Crippen LogP contribution in [0.15, 0.2) is 18.5 Å². The molecule has 1 rings (SSSR count). The highest BCUT2D eigenvalue weighted by atomic mass is 16.3. The van der Waals surface area contributed by atoms with Crippen LogP contribution in [0.1, 0.15) is 33.6 Å². The van der Waals surface area contributed by atoms with Crippen LogP contribution in [0.2, 0.25) is 0 Å². The highest BCUT2D eigenvalue weighted by Crippen LogP contribution is 2.22. The molecular formula is C13H23N3O. The van der Waals surface area contributed by atoms with E-state index in [1.165, 1.54) is 0 Å². The summed E-state index contributed by atoms with van der Waals surface area (Å²) in [7, 11) is 0. The molecule has 17 heavy (non-hydrogen) atoms. The van der Waals surface area contributed by atoms with Crippen molar-refractivity contribution in [3.8, 4) is 0 Å². The van der Waals surface area contributed by atoms with E-state index in [9.17, 15) is 0 Å². The van der Waals surface area contributed by atoms with Crippen molar-refractivity contribution < 1.29 is 5.11 Å². The lowest BCUT2D eigenvalue weighted by molar-refractivity contribution is 0.252. The van der Waals surface area contributed by atoms with Crippen molar-refractivity contribution in [1.82, 2.24) is 4.98 Å². The summed E-state index contributed by atoms with van der Waals surface area (Å²) in [4.78, 5) is 4.19. The molecule has 1 aromatic rings. The molecule has 4 heteroatoms. The van der Waals surface area contributed by atoms with Gasteiger partial charge < -0.3 is 15.7 Å². The molecule has 0 aliphatic rings. The number of hydrogen-bond donors (Lipinski definition) is 3. The smallest absolute Gasteiger partial charge is 0.0551 e. The van der Waals surface area contributed by atoms with Gasteiger partial charge >= 0.3 is 0 Å². The summed E-state index contributed by atoms with van der Waals surface area (Å²) in [6.45, 7) is 7.36. The molecular weight excluding hydrogens is 214 g/mol. The monoisotopic (exact) mass is 237 g/mol. The van der Waals surface area contributed by atoms with Gasteiger partial charge in [-0.05, 0) is 32.8 Å². The number of nitrogens with zero attached hydrogens (tertiary/aromatic N) is 1. The molecule has 0 bridgehead atoms. The largest absolute Gasteiger partial charge is 0.396 e. The number of aliphatic hydroxyl groups is 1. The fourth-order valence-corrected chi connectivity index (χ4v) is 1.73. The summed E-state index contributed by atoms with van der Waals surface area (Å²) in [6, 6.07) is 2.04. The van der Waals surface area contributed by atoms with Crippen molar-refractivity contribution >= 4 is 11.4 Å². The van der Waals surface area contributed by atoms with Gasteiger partial charge in [-0.2, -0.15) is 0 Å². The molecule has 1 heterocycles. The van der Waals surface area contributed by atoms with Crippen LogP contribution in [-0.4, -0.2) is 28.8 Å².